The summed E-state index contributed by atoms with van der Waals surface area (Å²) in [5.41, 5.74) is 0.185. The van der Waals surface area contributed by atoms with Crippen LogP contribution in [0.1, 0.15) is 5.56 Å². The fourth-order valence-corrected chi connectivity index (χ4v) is 2.39. The molecular formula is C20H20N2O8. The molecule has 0 spiro atoms. The number of anilines is 1. The Kier molecular flexibility index (Phi) is 7.74. The van der Waals surface area contributed by atoms with Crippen LogP contribution in [0, 0.1) is 10.1 Å². The van der Waals surface area contributed by atoms with Crippen LogP contribution in [0.2, 0.25) is 0 Å². The lowest BCUT2D eigenvalue weighted by atomic mass is 10.1. The maximum atomic E-state index is 12.0. The van der Waals surface area contributed by atoms with Crippen LogP contribution in [0.5, 0.6) is 17.2 Å². The molecule has 0 aliphatic heterocycles. The van der Waals surface area contributed by atoms with Crippen molar-refractivity contribution in [2.75, 3.05) is 33.3 Å². The van der Waals surface area contributed by atoms with Crippen LogP contribution >= 0.6 is 0 Å². The Hall–Kier alpha value is -4.08. The van der Waals surface area contributed by atoms with Crippen LogP contribution in [0.15, 0.2) is 42.5 Å². The van der Waals surface area contributed by atoms with Crippen molar-refractivity contribution in [3.8, 4) is 17.2 Å². The molecule has 0 unspecified atom stereocenters. The van der Waals surface area contributed by atoms with Crippen molar-refractivity contribution in [1.82, 2.24) is 0 Å². The Morgan fingerprint density at radius 2 is 1.70 bits per heavy atom. The lowest BCUT2D eigenvalue weighted by Gasteiger charge is -2.08. The maximum absolute atomic E-state index is 12.0. The Balaban J connectivity index is 1.98. The smallest absolute Gasteiger partial charge is 0.331 e. The molecule has 10 heteroatoms. The Morgan fingerprint density at radius 3 is 2.33 bits per heavy atom. The van der Waals surface area contributed by atoms with Crippen molar-refractivity contribution >= 4 is 29.3 Å². The first-order valence-electron chi connectivity index (χ1n) is 8.57. The number of methoxy groups -OCH3 is 3. The summed E-state index contributed by atoms with van der Waals surface area (Å²) in [4.78, 5) is 34.4. The molecule has 0 radical (unpaired) electrons. The molecule has 0 saturated heterocycles. The van der Waals surface area contributed by atoms with Crippen molar-refractivity contribution in [1.29, 1.82) is 0 Å². The highest BCUT2D eigenvalue weighted by Crippen LogP contribution is 2.29. The maximum Gasteiger partial charge on any atom is 0.331 e. The number of ether oxygens (including phenoxy) is 4. The number of amides is 1. The van der Waals surface area contributed by atoms with E-state index < -0.39 is 23.4 Å². The number of nitrogens with one attached hydrogen (secondary N) is 1. The third kappa shape index (κ3) is 5.96. The molecular weight excluding hydrogens is 396 g/mol. The zero-order chi connectivity index (χ0) is 22.1. The number of carbonyl (C=O) groups is 2. The fraction of sp³-hybridized carbons (Fsp3) is 0.200. The van der Waals surface area contributed by atoms with Gasteiger partial charge in [-0.15, -0.1) is 0 Å². The first-order chi connectivity index (χ1) is 14.4. The van der Waals surface area contributed by atoms with Gasteiger partial charge in [0.15, 0.2) is 6.61 Å². The minimum absolute atomic E-state index is 0.0430. The van der Waals surface area contributed by atoms with Crippen molar-refractivity contribution in [2.24, 2.45) is 0 Å². The van der Waals surface area contributed by atoms with Crippen molar-refractivity contribution in [2.45, 2.75) is 0 Å². The van der Waals surface area contributed by atoms with E-state index in [-0.39, 0.29) is 17.1 Å². The topological polar surface area (TPSA) is 126 Å². The second kappa shape index (κ2) is 10.5. The molecule has 0 aliphatic rings. The van der Waals surface area contributed by atoms with Gasteiger partial charge >= 0.3 is 5.97 Å². The normalized spacial score (nSPS) is 10.4. The van der Waals surface area contributed by atoms with Gasteiger partial charge in [-0.25, -0.2) is 4.79 Å². The van der Waals surface area contributed by atoms with Crippen LogP contribution < -0.4 is 19.5 Å². The van der Waals surface area contributed by atoms with E-state index in [9.17, 15) is 19.7 Å². The van der Waals surface area contributed by atoms with Crippen molar-refractivity contribution in [3.05, 3.63) is 58.2 Å². The number of esters is 1. The summed E-state index contributed by atoms with van der Waals surface area (Å²) < 4.78 is 20.1. The zero-order valence-corrected chi connectivity index (χ0v) is 16.5. The van der Waals surface area contributed by atoms with E-state index in [1.54, 1.807) is 18.2 Å². The minimum atomic E-state index is -0.778. The monoisotopic (exact) mass is 416 g/mol. The van der Waals surface area contributed by atoms with Crippen LogP contribution in [0.4, 0.5) is 11.4 Å². The van der Waals surface area contributed by atoms with Gasteiger partial charge in [-0.3, -0.25) is 14.9 Å². The standard InChI is InChI=1S/C20H20N2O8/c1-27-14-6-8-18(29-3)13(10-14)4-9-20(24)30-12-19(23)21-16-7-5-15(28-2)11-17(16)22(25)26/h4-11H,12H2,1-3H3,(H,21,23)/b9-4+. The Morgan fingerprint density at radius 1 is 1.03 bits per heavy atom. The van der Waals surface area contributed by atoms with E-state index in [1.165, 1.54) is 45.6 Å². The molecule has 0 saturated carbocycles. The number of hydrogen-bond donors (Lipinski definition) is 1. The molecule has 2 aromatic rings. The highest BCUT2D eigenvalue weighted by molar-refractivity contribution is 5.96. The van der Waals surface area contributed by atoms with Crippen molar-refractivity contribution < 1.29 is 33.5 Å². The lowest BCUT2D eigenvalue weighted by Crippen LogP contribution is -2.20. The van der Waals surface area contributed by atoms with Gasteiger partial charge in [-0.05, 0) is 36.4 Å². The van der Waals surface area contributed by atoms with E-state index in [4.69, 9.17) is 18.9 Å². The second-order valence-corrected chi connectivity index (χ2v) is 5.74. The number of hydrogen-bond acceptors (Lipinski definition) is 8. The van der Waals surface area contributed by atoms with E-state index in [1.807, 2.05) is 0 Å². The van der Waals surface area contributed by atoms with Crippen LogP contribution in [-0.2, 0) is 14.3 Å². The molecule has 2 aromatic carbocycles. The number of carbonyl (C=O) groups excluding carboxylic acids is 2. The molecule has 0 fully saturated rings. The zero-order valence-electron chi connectivity index (χ0n) is 16.5. The second-order valence-electron chi connectivity index (χ2n) is 5.74. The van der Waals surface area contributed by atoms with Gasteiger partial charge in [0.2, 0.25) is 0 Å². The molecule has 158 valence electrons. The Bertz CT molecular complexity index is 971. The molecule has 0 aliphatic carbocycles. The van der Waals surface area contributed by atoms with E-state index >= 15 is 0 Å². The van der Waals surface area contributed by atoms with Crippen LogP contribution in [0.25, 0.3) is 6.08 Å². The van der Waals surface area contributed by atoms with Gasteiger partial charge < -0.3 is 24.3 Å². The molecule has 0 aromatic heterocycles. The van der Waals surface area contributed by atoms with E-state index in [0.717, 1.165) is 6.08 Å². The highest BCUT2D eigenvalue weighted by atomic mass is 16.6. The largest absolute Gasteiger partial charge is 0.497 e. The van der Waals surface area contributed by atoms with Gasteiger partial charge in [-0.2, -0.15) is 0 Å². The van der Waals surface area contributed by atoms with E-state index in [0.29, 0.717) is 17.1 Å². The van der Waals surface area contributed by atoms with Gasteiger partial charge in [-0.1, -0.05) is 0 Å². The average Bonchev–Trinajstić information content (AvgIpc) is 2.76. The number of rotatable bonds is 9. The first-order valence-corrected chi connectivity index (χ1v) is 8.57. The van der Waals surface area contributed by atoms with Crippen LogP contribution in [-0.4, -0.2) is 44.7 Å². The van der Waals surface area contributed by atoms with Gasteiger partial charge in [0.05, 0.1) is 32.3 Å². The average molecular weight is 416 g/mol. The predicted molar refractivity (Wildman–Crippen MR) is 108 cm³/mol. The molecule has 30 heavy (non-hydrogen) atoms. The summed E-state index contributed by atoms with van der Waals surface area (Å²) in [6.45, 7) is -0.623. The van der Waals surface area contributed by atoms with Gasteiger partial charge in [0, 0.05) is 11.6 Å². The molecule has 0 heterocycles. The molecule has 10 nitrogen and oxygen atoms in total. The number of nitrogens with zero attached hydrogens (tertiary/aromatic N) is 1. The number of nitro groups is 1. The summed E-state index contributed by atoms with van der Waals surface area (Å²) in [5, 5.41) is 13.5. The van der Waals surface area contributed by atoms with Gasteiger partial charge in [0.1, 0.15) is 22.9 Å². The minimum Gasteiger partial charge on any atom is -0.497 e. The third-order valence-corrected chi connectivity index (χ3v) is 3.86. The van der Waals surface area contributed by atoms with Gasteiger partial charge in [0.25, 0.3) is 11.6 Å². The molecule has 1 N–H and O–H groups in total. The Labute approximate surface area is 172 Å². The number of benzene rings is 2. The molecule has 0 bridgehead atoms. The lowest BCUT2D eigenvalue weighted by molar-refractivity contribution is -0.384. The summed E-state index contributed by atoms with van der Waals surface area (Å²) in [5.74, 6) is -0.152. The quantitative estimate of drug-likeness (QED) is 0.286. The highest BCUT2D eigenvalue weighted by Gasteiger charge is 2.17. The summed E-state index contributed by atoms with van der Waals surface area (Å²) >= 11 is 0. The van der Waals surface area contributed by atoms with Crippen LogP contribution in [0.3, 0.4) is 0 Å². The molecule has 2 rings (SSSR count). The number of nitro benzene ring substituents is 1. The SMILES string of the molecule is COc1ccc(OC)c(/C=C/C(=O)OCC(=O)Nc2ccc(OC)cc2[N+](=O)[O-])c1. The summed E-state index contributed by atoms with van der Waals surface area (Å²) in [6.07, 6.45) is 2.58. The molecule has 1 amide bonds. The van der Waals surface area contributed by atoms with E-state index in [2.05, 4.69) is 5.32 Å². The third-order valence-electron chi connectivity index (χ3n) is 3.86. The summed E-state index contributed by atoms with van der Waals surface area (Å²) in [7, 11) is 4.36. The fourth-order valence-electron chi connectivity index (χ4n) is 2.39. The first kappa shape index (κ1) is 22.2. The molecule has 0 atom stereocenters. The predicted octanol–water partition coefficient (Wildman–Crippen LogP) is 2.82. The van der Waals surface area contributed by atoms with Crippen molar-refractivity contribution in [3.63, 3.8) is 0 Å². The summed E-state index contributed by atoms with van der Waals surface area (Å²) in [6, 6.07) is 9.00.